The van der Waals surface area contributed by atoms with E-state index in [0.717, 1.165) is 6.42 Å². The van der Waals surface area contributed by atoms with Crippen LogP contribution in [-0.4, -0.2) is 31.1 Å². The summed E-state index contributed by atoms with van der Waals surface area (Å²) in [6.45, 7) is 4.45. The van der Waals surface area contributed by atoms with Gasteiger partial charge in [0.1, 0.15) is 6.10 Å². The first-order valence-corrected chi connectivity index (χ1v) is 4.47. The second-order valence-electron chi connectivity index (χ2n) is 3.22. The highest BCUT2D eigenvalue weighted by Gasteiger charge is 2.50. The highest BCUT2D eigenvalue weighted by molar-refractivity contribution is 5.79. The normalized spacial score (nSPS) is 24.7. The van der Waals surface area contributed by atoms with Crippen LogP contribution in [0.5, 0.6) is 0 Å². The van der Waals surface area contributed by atoms with E-state index in [1.807, 2.05) is 0 Å². The molecule has 14 heavy (non-hydrogen) atoms. The van der Waals surface area contributed by atoms with Crippen molar-refractivity contribution < 1.29 is 18.3 Å². The zero-order valence-electron chi connectivity index (χ0n) is 7.76. The predicted octanol–water partition coefficient (Wildman–Crippen LogP) is 1.10. The third-order valence-corrected chi connectivity index (χ3v) is 1.95. The minimum Gasteiger partial charge on any atom is -0.456 e. The van der Waals surface area contributed by atoms with Crippen molar-refractivity contribution in [2.45, 2.75) is 24.9 Å². The van der Waals surface area contributed by atoms with Crippen molar-refractivity contribution in [3.05, 3.63) is 12.7 Å². The average Bonchev–Trinajstić information content (AvgIpc) is 2.35. The minimum absolute atomic E-state index is 0.273. The van der Waals surface area contributed by atoms with E-state index in [9.17, 15) is 13.6 Å². The number of cyclic esters (lactones) is 1. The van der Waals surface area contributed by atoms with Crippen molar-refractivity contribution in [1.29, 1.82) is 0 Å². The lowest BCUT2D eigenvalue weighted by Gasteiger charge is -2.08. The summed E-state index contributed by atoms with van der Waals surface area (Å²) in [4.78, 5) is 10.6. The van der Waals surface area contributed by atoms with Crippen LogP contribution < -0.4 is 5.32 Å². The Balaban J connectivity index is 2.22. The number of halogens is 2. The number of carbonyl (C=O) groups is 1. The fourth-order valence-electron chi connectivity index (χ4n) is 1.23. The Bertz CT molecular complexity index is 231. The first-order valence-electron chi connectivity index (χ1n) is 4.47. The van der Waals surface area contributed by atoms with Crippen LogP contribution in [0.1, 0.15) is 12.8 Å². The highest BCUT2D eigenvalue weighted by atomic mass is 19.3. The lowest BCUT2D eigenvalue weighted by atomic mass is 10.2. The summed E-state index contributed by atoms with van der Waals surface area (Å²) >= 11 is 0. The Kier molecular flexibility index (Phi) is 3.57. The van der Waals surface area contributed by atoms with E-state index in [4.69, 9.17) is 0 Å². The number of esters is 1. The van der Waals surface area contributed by atoms with Gasteiger partial charge in [0.05, 0.1) is 6.42 Å². The van der Waals surface area contributed by atoms with Gasteiger partial charge in [0.15, 0.2) is 0 Å². The van der Waals surface area contributed by atoms with E-state index in [0.29, 0.717) is 6.54 Å². The van der Waals surface area contributed by atoms with E-state index < -0.39 is 24.4 Å². The van der Waals surface area contributed by atoms with Crippen molar-refractivity contribution in [3.63, 3.8) is 0 Å². The van der Waals surface area contributed by atoms with Gasteiger partial charge in [0, 0.05) is 6.54 Å². The van der Waals surface area contributed by atoms with Crippen molar-refractivity contribution >= 4 is 5.97 Å². The largest absolute Gasteiger partial charge is 0.456 e. The van der Waals surface area contributed by atoms with Gasteiger partial charge >= 0.3 is 11.9 Å². The van der Waals surface area contributed by atoms with Crippen LogP contribution in [-0.2, 0) is 9.53 Å². The van der Waals surface area contributed by atoms with Crippen molar-refractivity contribution in [2.24, 2.45) is 0 Å². The van der Waals surface area contributed by atoms with Crippen LogP contribution in [0, 0.1) is 0 Å². The molecule has 1 atom stereocenters. The van der Waals surface area contributed by atoms with Crippen LogP contribution in [0.25, 0.3) is 0 Å². The number of alkyl halides is 2. The van der Waals surface area contributed by atoms with E-state index in [2.05, 4.69) is 16.6 Å². The van der Waals surface area contributed by atoms with E-state index >= 15 is 0 Å². The molecule has 0 aromatic carbocycles. The zero-order valence-corrected chi connectivity index (χ0v) is 7.76. The van der Waals surface area contributed by atoms with Crippen LogP contribution >= 0.6 is 0 Å². The topological polar surface area (TPSA) is 38.3 Å². The van der Waals surface area contributed by atoms with Gasteiger partial charge in [-0.3, -0.25) is 0 Å². The smallest absolute Gasteiger partial charge is 0.377 e. The molecule has 0 aromatic rings. The molecule has 1 N–H and O–H groups in total. The number of hydrogen-bond acceptors (Lipinski definition) is 3. The Morgan fingerprint density at radius 3 is 2.93 bits per heavy atom. The van der Waals surface area contributed by atoms with Gasteiger partial charge in [0.25, 0.3) is 0 Å². The molecule has 0 radical (unpaired) electrons. The van der Waals surface area contributed by atoms with E-state index in [1.165, 1.54) is 0 Å². The molecule has 1 unspecified atom stereocenters. The summed E-state index contributed by atoms with van der Waals surface area (Å²) in [7, 11) is 0. The fraction of sp³-hybridized carbons (Fsp3) is 0.667. The first kappa shape index (κ1) is 11.1. The summed E-state index contributed by atoms with van der Waals surface area (Å²) in [5.41, 5.74) is 0. The molecule has 0 aliphatic carbocycles. The van der Waals surface area contributed by atoms with Crippen molar-refractivity contribution in [2.75, 3.05) is 13.1 Å². The second kappa shape index (κ2) is 4.50. The molecule has 0 bridgehead atoms. The predicted molar refractivity (Wildman–Crippen MR) is 47.1 cm³/mol. The number of nitrogens with one attached hydrogen (secondary N) is 1. The van der Waals surface area contributed by atoms with Crippen LogP contribution in [0.3, 0.4) is 0 Å². The summed E-state index contributed by atoms with van der Waals surface area (Å²) in [5, 5.41) is 2.90. The van der Waals surface area contributed by atoms with Gasteiger partial charge in [0.2, 0.25) is 0 Å². The molecule has 1 aliphatic rings. The maximum atomic E-state index is 12.6. The maximum absolute atomic E-state index is 12.6. The van der Waals surface area contributed by atoms with Gasteiger partial charge in [-0.15, -0.1) is 6.58 Å². The molecular weight excluding hydrogens is 192 g/mol. The molecule has 1 saturated heterocycles. The van der Waals surface area contributed by atoms with Gasteiger partial charge < -0.3 is 10.1 Å². The molecule has 1 rings (SSSR count). The lowest BCUT2D eigenvalue weighted by Crippen LogP contribution is -2.27. The Hall–Kier alpha value is -0.970. The number of rotatable bonds is 5. The Morgan fingerprint density at radius 2 is 2.43 bits per heavy atom. The molecule has 1 heterocycles. The third kappa shape index (κ3) is 2.77. The average molecular weight is 205 g/mol. The van der Waals surface area contributed by atoms with Crippen molar-refractivity contribution in [3.8, 4) is 0 Å². The van der Waals surface area contributed by atoms with Crippen LogP contribution in [0.2, 0.25) is 0 Å². The van der Waals surface area contributed by atoms with Crippen LogP contribution in [0.4, 0.5) is 8.78 Å². The van der Waals surface area contributed by atoms with E-state index in [1.54, 1.807) is 6.08 Å². The quantitative estimate of drug-likeness (QED) is 0.415. The standard InChI is InChI=1S/C9H13F2NO2/c1-2-3-4-12-6-7-5-9(10,11)8(13)14-7/h2,7,12H,1,3-6H2. The minimum atomic E-state index is -3.30. The molecular formula is C9H13F2NO2. The third-order valence-electron chi connectivity index (χ3n) is 1.95. The molecule has 0 saturated carbocycles. The number of hydrogen-bond donors (Lipinski definition) is 1. The monoisotopic (exact) mass is 205 g/mol. The molecule has 3 nitrogen and oxygen atoms in total. The van der Waals surface area contributed by atoms with Gasteiger partial charge in [-0.2, -0.15) is 8.78 Å². The first-order chi connectivity index (χ1) is 6.56. The van der Waals surface area contributed by atoms with Crippen molar-refractivity contribution in [1.82, 2.24) is 5.32 Å². The summed E-state index contributed by atoms with van der Waals surface area (Å²) in [6, 6.07) is 0. The summed E-state index contributed by atoms with van der Waals surface area (Å²) in [6.07, 6.45) is 1.26. The molecule has 0 spiro atoms. The molecule has 1 fully saturated rings. The van der Waals surface area contributed by atoms with Crippen LogP contribution in [0.15, 0.2) is 12.7 Å². The molecule has 80 valence electrons. The molecule has 0 amide bonds. The zero-order chi connectivity index (χ0) is 10.6. The Morgan fingerprint density at radius 1 is 1.71 bits per heavy atom. The highest BCUT2D eigenvalue weighted by Crippen LogP contribution is 2.30. The Labute approximate surface area is 81.1 Å². The molecule has 5 heteroatoms. The van der Waals surface area contributed by atoms with E-state index in [-0.39, 0.29) is 6.54 Å². The SMILES string of the molecule is C=CCCNCC1CC(F)(F)C(=O)O1. The molecule has 1 aliphatic heterocycles. The van der Waals surface area contributed by atoms with Gasteiger partial charge in [-0.1, -0.05) is 6.08 Å². The summed E-state index contributed by atoms with van der Waals surface area (Å²) in [5.74, 6) is -4.71. The maximum Gasteiger partial charge on any atom is 0.377 e. The molecule has 0 aromatic heterocycles. The fourth-order valence-corrected chi connectivity index (χ4v) is 1.23. The van der Waals surface area contributed by atoms with Gasteiger partial charge in [-0.25, -0.2) is 4.79 Å². The lowest BCUT2D eigenvalue weighted by molar-refractivity contribution is -0.158. The number of carbonyl (C=O) groups excluding carboxylic acids is 1. The second-order valence-corrected chi connectivity index (χ2v) is 3.22. The summed E-state index contributed by atoms with van der Waals surface area (Å²) < 4.78 is 29.8. The number of ether oxygens (including phenoxy) is 1. The van der Waals surface area contributed by atoms with Gasteiger partial charge in [-0.05, 0) is 13.0 Å².